The van der Waals surface area contributed by atoms with E-state index in [1.165, 1.54) is 49.9 Å². The van der Waals surface area contributed by atoms with E-state index in [1.807, 2.05) is 18.7 Å². The first-order chi connectivity index (χ1) is 15.4. The molecular formula is C23H29ClN2O4S2. The van der Waals surface area contributed by atoms with Crippen LogP contribution in [0.4, 0.5) is 5.69 Å². The van der Waals surface area contributed by atoms with Gasteiger partial charge in [-0.1, -0.05) is 24.4 Å². The number of hydrogen-bond donors (Lipinski definition) is 1. The van der Waals surface area contributed by atoms with Gasteiger partial charge >= 0.3 is 0 Å². The number of carbonyl (C=O) groups excluding carboxylic acids is 1. The number of ether oxygens (including phenoxy) is 1. The van der Waals surface area contributed by atoms with E-state index < -0.39 is 10.0 Å². The highest BCUT2D eigenvalue weighted by atomic mass is 35.5. The molecule has 1 saturated carbocycles. The third-order valence-corrected chi connectivity index (χ3v) is 8.63. The molecule has 32 heavy (non-hydrogen) atoms. The first kappa shape index (κ1) is 24.7. The molecule has 9 heteroatoms. The molecule has 0 spiro atoms. The lowest BCUT2D eigenvalue weighted by Gasteiger charge is -2.24. The van der Waals surface area contributed by atoms with E-state index >= 15 is 0 Å². The van der Waals surface area contributed by atoms with Gasteiger partial charge < -0.3 is 10.1 Å². The quantitative estimate of drug-likeness (QED) is 0.455. The number of halogens is 1. The fourth-order valence-electron chi connectivity index (χ4n) is 3.58. The number of hydrogen-bond acceptors (Lipinski definition) is 5. The van der Waals surface area contributed by atoms with Crippen molar-refractivity contribution in [3.05, 3.63) is 53.6 Å². The number of nitrogens with zero attached hydrogens (tertiary/aromatic N) is 1. The Morgan fingerprint density at radius 3 is 2.41 bits per heavy atom. The third-order valence-electron chi connectivity index (χ3n) is 5.20. The molecule has 1 aliphatic carbocycles. The van der Waals surface area contributed by atoms with Gasteiger partial charge in [-0.25, -0.2) is 8.42 Å². The highest BCUT2D eigenvalue weighted by Gasteiger charge is 2.27. The van der Waals surface area contributed by atoms with E-state index in [1.54, 1.807) is 24.3 Å². The molecule has 0 radical (unpaired) electrons. The number of carbonyl (C=O) groups is 1. The molecule has 0 saturated heterocycles. The molecule has 1 fully saturated rings. The Kier molecular flexibility index (Phi) is 9.13. The predicted molar refractivity (Wildman–Crippen MR) is 131 cm³/mol. The summed E-state index contributed by atoms with van der Waals surface area (Å²) < 4.78 is 33.3. The van der Waals surface area contributed by atoms with E-state index in [2.05, 4.69) is 5.32 Å². The molecule has 0 bridgehead atoms. The van der Waals surface area contributed by atoms with E-state index in [-0.39, 0.29) is 17.3 Å². The number of sulfonamides is 1. The number of thioether (sulfide) groups is 1. The monoisotopic (exact) mass is 496 g/mol. The highest BCUT2D eigenvalue weighted by Crippen LogP contribution is 2.29. The molecule has 1 N–H and O–H groups in total. The Morgan fingerprint density at radius 2 is 1.78 bits per heavy atom. The van der Waals surface area contributed by atoms with Crippen molar-refractivity contribution in [2.75, 3.05) is 29.8 Å². The summed E-state index contributed by atoms with van der Waals surface area (Å²) in [7, 11) is -3.97. The van der Waals surface area contributed by atoms with Gasteiger partial charge in [-0.15, -0.1) is 0 Å². The zero-order valence-corrected chi connectivity index (χ0v) is 20.5. The summed E-state index contributed by atoms with van der Waals surface area (Å²) in [6, 6.07) is 12.6. The molecule has 0 unspecified atom stereocenters. The van der Waals surface area contributed by atoms with Gasteiger partial charge in [0.05, 0.1) is 17.2 Å². The minimum Gasteiger partial charge on any atom is -0.494 e. The summed E-state index contributed by atoms with van der Waals surface area (Å²) in [5.74, 6) is 1.11. The summed E-state index contributed by atoms with van der Waals surface area (Å²) >= 11 is 7.80. The standard InChI is InChI=1S/C23H29ClN2O4S2/c1-2-30-20-11-9-19(10-12-20)26(32(28,29)22-13-7-18(24)8-14-22)17-23(27)25-15-16-31-21-5-3-4-6-21/h7-14,21H,2-6,15-17H2,1H3,(H,25,27). The Hall–Kier alpha value is -1.90. The SMILES string of the molecule is CCOc1ccc(N(CC(=O)NCCSC2CCCC2)S(=O)(=O)c2ccc(Cl)cc2)cc1. The maximum absolute atomic E-state index is 13.4. The molecule has 0 aromatic heterocycles. The van der Waals surface area contributed by atoms with Crippen LogP contribution in [0.2, 0.25) is 5.02 Å². The second-order valence-electron chi connectivity index (χ2n) is 7.52. The van der Waals surface area contributed by atoms with Crippen LogP contribution in [0.5, 0.6) is 5.75 Å². The Bertz CT molecular complexity index is 976. The van der Waals surface area contributed by atoms with E-state index in [0.717, 1.165) is 10.1 Å². The van der Waals surface area contributed by atoms with Crippen LogP contribution in [-0.2, 0) is 14.8 Å². The van der Waals surface area contributed by atoms with Crippen LogP contribution in [-0.4, -0.2) is 45.0 Å². The molecule has 174 valence electrons. The van der Waals surface area contributed by atoms with Crippen LogP contribution in [0.3, 0.4) is 0 Å². The summed E-state index contributed by atoms with van der Waals surface area (Å²) in [6.07, 6.45) is 5.04. The molecule has 1 amide bonds. The molecule has 3 rings (SSSR count). The first-order valence-corrected chi connectivity index (χ1v) is 13.7. The molecule has 0 aliphatic heterocycles. The van der Waals surface area contributed by atoms with Gasteiger partial charge in [0.2, 0.25) is 5.91 Å². The Labute approximate surface area is 199 Å². The average Bonchev–Trinajstić information content (AvgIpc) is 3.30. The average molecular weight is 497 g/mol. The van der Waals surface area contributed by atoms with Crippen LogP contribution in [0, 0.1) is 0 Å². The Morgan fingerprint density at radius 1 is 1.12 bits per heavy atom. The van der Waals surface area contributed by atoms with E-state index in [4.69, 9.17) is 16.3 Å². The van der Waals surface area contributed by atoms with Crippen LogP contribution in [0.1, 0.15) is 32.6 Å². The number of amides is 1. The minimum absolute atomic E-state index is 0.0698. The molecule has 2 aromatic rings. The van der Waals surface area contributed by atoms with Crippen molar-refractivity contribution in [3.8, 4) is 5.75 Å². The second kappa shape index (κ2) is 11.8. The van der Waals surface area contributed by atoms with Crippen molar-refractivity contribution < 1.29 is 17.9 Å². The van der Waals surface area contributed by atoms with Gasteiger partial charge in [-0.05, 0) is 68.3 Å². The van der Waals surface area contributed by atoms with Gasteiger partial charge in [0.1, 0.15) is 12.3 Å². The number of nitrogens with one attached hydrogen (secondary N) is 1. The van der Waals surface area contributed by atoms with Crippen LogP contribution >= 0.6 is 23.4 Å². The van der Waals surface area contributed by atoms with Crippen LogP contribution in [0.15, 0.2) is 53.4 Å². The Balaban J connectivity index is 1.72. The topological polar surface area (TPSA) is 75.7 Å². The molecule has 1 aliphatic rings. The van der Waals surface area contributed by atoms with Crippen molar-refractivity contribution in [3.63, 3.8) is 0 Å². The van der Waals surface area contributed by atoms with Crippen molar-refractivity contribution in [2.45, 2.75) is 42.8 Å². The third kappa shape index (κ3) is 6.80. The summed E-state index contributed by atoms with van der Waals surface area (Å²) in [4.78, 5) is 12.7. The molecule has 2 aromatic carbocycles. The highest BCUT2D eigenvalue weighted by molar-refractivity contribution is 7.99. The van der Waals surface area contributed by atoms with Gasteiger partial charge in [0, 0.05) is 22.6 Å². The lowest BCUT2D eigenvalue weighted by atomic mass is 10.3. The molecule has 0 heterocycles. The van der Waals surface area contributed by atoms with Gasteiger partial charge in [-0.2, -0.15) is 11.8 Å². The van der Waals surface area contributed by atoms with Crippen molar-refractivity contribution in [1.29, 1.82) is 0 Å². The maximum atomic E-state index is 13.4. The lowest BCUT2D eigenvalue weighted by Crippen LogP contribution is -2.41. The minimum atomic E-state index is -3.97. The number of rotatable bonds is 11. The number of benzene rings is 2. The smallest absolute Gasteiger partial charge is 0.264 e. The fraction of sp³-hybridized carbons (Fsp3) is 0.435. The van der Waals surface area contributed by atoms with Gasteiger partial charge in [-0.3, -0.25) is 9.10 Å². The summed E-state index contributed by atoms with van der Waals surface area (Å²) in [6.45, 7) is 2.58. The van der Waals surface area contributed by atoms with E-state index in [9.17, 15) is 13.2 Å². The summed E-state index contributed by atoms with van der Waals surface area (Å²) in [5.41, 5.74) is 0.388. The predicted octanol–water partition coefficient (Wildman–Crippen LogP) is 4.73. The largest absolute Gasteiger partial charge is 0.494 e. The van der Waals surface area contributed by atoms with Gasteiger partial charge in [0.15, 0.2) is 0 Å². The first-order valence-electron chi connectivity index (χ1n) is 10.8. The number of anilines is 1. The summed E-state index contributed by atoms with van der Waals surface area (Å²) in [5, 5.41) is 3.98. The zero-order chi connectivity index (χ0) is 23.0. The zero-order valence-electron chi connectivity index (χ0n) is 18.1. The van der Waals surface area contributed by atoms with E-state index in [0.29, 0.717) is 34.9 Å². The van der Waals surface area contributed by atoms with Crippen molar-refractivity contribution in [1.82, 2.24) is 5.32 Å². The van der Waals surface area contributed by atoms with Crippen molar-refractivity contribution in [2.24, 2.45) is 0 Å². The molecule has 6 nitrogen and oxygen atoms in total. The normalized spacial score (nSPS) is 14.3. The van der Waals surface area contributed by atoms with Crippen LogP contribution in [0.25, 0.3) is 0 Å². The maximum Gasteiger partial charge on any atom is 0.264 e. The van der Waals surface area contributed by atoms with Crippen LogP contribution < -0.4 is 14.4 Å². The van der Waals surface area contributed by atoms with Gasteiger partial charge in [0.25, 0.3) is 10.0 Å². The molecule has 0 atom stereocenters. The van der Waals surface area contributed by atoms with Crippen molar-refractivity contribution >= 4 is 45.0 Å². The fourth-order valence-corrected chi connectivity index (χ4v) is 6.35. The second-order valence-corrected chi connectivity index (χ2v) is 11.2. The molecular weight excluding hydrogens is 468 g/mol. The lowest BCUT2D eigenvalue weighted by molar-refractivity contribution is -0.119.